The summed E-state index contributed by atoms with van der Waals surface area (Å²) in [6, 6.07) is 0. The number of hydrogen-bond acceptors (Lipinski definition) is 2. The molecular formula is C10H18O2. The third-order valence-corrected chi connectivity index (χ3v) is 2.50. The maximum absolute atomic E-state index is 11.2. The van der Waals surface area contributed by atoms with Gasteiger partial charge in [-0.25, -0.2) is 0 Å². The molecule has 1 atom stereocenters. The van der Waals surface area contributed by atoms with Gasteiger partial charge in [-0.3, -0.25) is 4.79 Å². The van der Waals surface area contributed by atoms with E-state index >= 15 is 0 Å². The molecule has 1 fully saturated rings. The average molecular weight is 170 g/mol. The van der Waals surface area contributed by atoms with E-state index in [1.807, 2.05) is 13.8 Å². The van der Waals surface area contributed by atoms with Crippen molar-refractivity contribution in [2.24, 2.45) is 0 Å². The van der Waals surface area contributed by atoms with Crippen LogP contribution in [-0.4, -0.2) is 18.0 Å². The Bertz CT molecular complexity index is 148. The third-order valence-electron chi connectivity index (χ3n) is 2.50. The van der Waals surface area contributed by atoms with Crippen LogP contribution >= 0.6 is 0 Å². The molecule has 0 aliphatic heterocycles. The number of carbonyl (C=O) groups excluding carboxylic acids is 1. The zero-order valence-corrected chi connectivity index (χ0v) is 8.01. The maximum Gasteiger partial charge on any atom is 0.161 e. The Morgan fingerprint density at radius 1 is 1.50 bits per heavy atom. The maximum atomic E-state index is 11.2. The number of ether oxygens (including phenoxy) is 1. The third kappa shape index (κ3) is 2.59. The summed E-state index contributed by atoms with van der Waals surface area (Å²) in [4.78, 5) is 11.2. The molecule has 0 saturated heterocycles. The minimum Gasteiger partial charge on any atom is -0.368 e. The van der Waals surface area contributed by atoms with Gasteiger partial charge in [0.05, 0.1) is 6.10 Å². The second-order valence-corrected chi connectivity index (χ2v) is 3.50. The summed E-state index contributed by atoms with van der Waals surface area (Å²) in [5, 5.41) is 0. The Hall–Kier alpha value is -0.370. The van der Waals surface area contributed by atoms with Gasteiger partial charge in [0.1, 0.15) is 6.10 Å². The summed E-state index contributed by atoms with van der Waals surface area (Å²) in [6.45, 7) is 3.75. The van der Waals surface area contributed by atoms with Crippen molar-refractivity contribution in [2.45, 2.75) is 58.2 Å². The fourth-order valence-corrected chi connectivity index (χ4v) is 1.68. The van der Waals surface area contributed by atoms with Crippen molar-refractivity contribution < 1.29 is 9.53 Å². The molecule has 70 valence electrons. The molecule has 0 aromatic rings. The summed E-state index contributed by atoms with van der Waals surface area (Å²) in [5.74, 6) is 0.224. The van der Waals surface area contributed by atoms with E-state index in [2.05, 4.69) is 0 Å². The van der Waals surface area contributed by atoms with E-state index in [1.54, 1.807) is 0 Å². The molecule has 2 nitrogen and oxygen atoms in total. The smallest absolute Gasteiger partial charge is 0.161 e. The van der Waals surface area contributed by atoms with Crippen LogP contribution in [0.5, 0.6) is 0 Å². The van der Waals surface area contributed by atoms with Gasteiger partial charge in [-0.05, 0) is 19.8 Å². The minimum absolute atomic E-state index is 0.182. The first-order valence-corrected chi connectivity index (χ1v) is 4.92. The lowest BCUT2D eigenvalue weighted by atomic mass is 10.2. The van der Waals surface area contributed by atoms with Crippen LogP contribution in [0.4, 0.5) is 0 Å². The Morgan fingerprint density at radius 3 is 2.58 bits per heavy atom. The van der Waals surface area contributed by atoms with E-state index in [4.69, 9.17) is 4.74 Å². The molecule has 0 amide bonds. The quantitative estimate of drug-likeness (QED) is 0.647. The predicted octanol–water partition coefficient (Wildman–Crippen LogP) is 2.31. The highest BCUT2D eigenvalue weighted by Crippen LogP contribution is 2.22. The van der Waals surface area contributed by atoms with Crippen LogP contribution in [0.15, 0.2) is 0 Å². The van der Waals surface area contributed by atoms with Gasteiger partial charge in [0.2, 0.25) is 0 Å². The SMILES string of the molecule is CCC(=O)C(C)OC1CCCC1. The van der Waals surface area contributed by atoms with Crippen molar-refractivity contribution in [1.29, 1.82) is 0 Å². The van der Waals surface area contributed by atoms with Crippen molar-refractivity contribution in [2.75, 3.05) is 0 Å². The van der Waals surface area contributed by atoms with Gasteiger partial charge in [0.15, 0.2) is 5.78 Å². The van der Waals surface area contributed by atoms with Crippen molar-refractivity contribution >= 4 is 5.78 Å². The Morgan fingerprint density at radius 2 is 2.08 bits per heavy atom. The van der Waals surface area contributed by atoms with Gasteiger partial charge >= 0.3 is 0 Å². The highest BCUT2D eigenvalue weighted by molar-refractivity contribution is 5.82. The lowest BCUT2D eigenvalue weighted by Gasteiger charge is -2.16. The highest BCUT2D eigenvalue weighted by atomic mass is 16.5. The molecule has 1 rings (SSSR count). The molecule has 12 heavy (non-hydrogen) atoms. The molecular weight excluding hydrogens is 152 g/mol. The number of ketones is 1. The van der Waals surface area contributed by atoms with E-state index < -0.39 is 0 Å². The highest BCUT2D eigenvalue weighted by Gasteiger charge is 2.20. The molecule has 1 unspecified atom stereocenters. The normalized spacial score (nSPS) is 21.2. The molecule has 0 bridgehead atoms. The summed E-state index contributed by atoms with van der Waals surface area (Å²) < 4.78 is 5.61. The van der Waals surface area contributed by atoms with Crippen LogP contribution < -0.4 is 0 Å². The van der Waals surface area contributed by atoms with Gasteiger partial charge in [-0.2, -0.15) is 0 Å². The lowest BCUT2D eigenvalue weighted by Crippen LogP contribution is -2.24. The molecule has 1 aliphatic rings. The van der Waals surface area contributed by atoms with Gasteiger partial charge in [0.25, 0.3) is 0 Å². The van der Waals surface area contributed by atoms with Crippen LogP contribution in [-0.2, 0) is 9.53 Å². The van der Waals surface area contributed by atoms with E-state index in [1.165, 1.54) is 12.8 Å². The molecule has 0 aromatic carbocycles. The number of rotatable bonds is 4. The summed E-state index contributed by atoms with van der Waals surface area (Å²) >= 11 is 0. The zero-order valence-electron chi connectivity index (χ0n) is 8.01. The average Bonchev–Trinajstić information content (AvgIpc) is 2.55. The molecule has 0 heterocycles. The van der Waals surface area contributed by atoms with Gasteiger partial charge < -0.3 is 4.74 Å². The van der Waals surface area contributed by atoms with Gasteiger partial charge in [0, 0.05) is 6.42 Å². The molecule has 2 heteroatoms. The number of Topliss-reactive ketones (excluding diaryl/α,β-unsaturated/α-hetero) is 1. The largest absolute Gasteiger partial charge is 0.368 e. The van der Waals surface area contributed by atoms with Crippen LogP contribution in [0.2, 0.25) is 0 Å². The topological polar surface area (TPSA) is 26.3 Å². The lowest BCUT2D eigenvalue weighted by molar-refractivity contribution is -0.132. The molecule has 0 aromatic heterocycles. The van der Waals surface area contributed by atoms with E-state index in [9.17, 15) is 4.79 Å². The standard InChI is InChI=1S/C10H18O2/c1-3-10(11)8(2)12-9-6-4-5-7-9/h8-9H,3-7H2,1-2H3. The molecule has 1 aliphatic carbocycles. The first-order chi connectivity index (χ1) is 5.74. The second kappa shape index (κ2) is 4.61. The number of carbonyl (C=O) groups is 1. The van der Waals surface area contributed by atoms with Crippen LogP contribution in [0.3, 0.4) is 0 Å². The van der Waals surface area contributed by atoms with Crippen molar-refractivity contribution in [3.63, 3.8) is 0 Å². The Labute approximate surface area is 74.3 Å². The van der Waals surface area contributed by atoms with Crippen molar-refractivity contribution in [3.8, 4) is 0 Å². The fraction of sp³-hybridized carbons (Fsp3) is 0.900. The summed E-state index contributed by atoms with van der Waals surface area (Å²) in [5.41, 5.74) is 0. The van der Waals surface area contributed by atoms with Crippen LogP contribution in [0.1, 0.15) is 46.0 Å². The Kier molecular flexibility index (Phi) is 3.73. The zero-order chi connectivity index (χ0) is 8.97. The minimum atomic E-state index is -0.182. The van der Waals surface area contributed by atoms with Crippen LogP contribution in [0, 0.1) is 0 Å². The monoisotopic (exact) mass is 170 g/mol. The van der Waals surface area contributed by atoms with E-state index in [0.717, 1.165) is 12.8 Å². The van der Waals surface area contributed by atoms with E-state index in [0.29, 0.717) is 12.5 Å². The summed E-state index contributed by atoms with van der Waals surface area (Å²) in [6.07, 6.45) is 5.57. The predicted molar refractivity (Wildman–Crippen MR) is 48.1 cm³/mol. The first-order valence-electron chi connectivity index (χ1n) is 4.92. The molecule has 0 N–H and O–H groups in total. The fourth-order valence-electron chi connectivity index (χ4n) is 1.68. The molecule has 1 saturated carbocycles. The van der Waals surface area contributed by atoms with Crippen LogP contribution in [0.25, 0.3) is 0 Å². The van der Waals surface area contributed by atoms with Gasteiger partial charge in [-0.1, -0.05) is 19.8 Å². The van der Waals surface area contributed by atoms with Crippen molar-refractivity contribution in [1.82, 2.24) is 0 Å². The number of hydrogen-bond donors (Lipinski definition) is 0. The van der Waals surface area contributed by atoms with Crippen molar-refractivity contribution in [3.05, 3.63) is 0 Å². The molecule has 0 spiro atoms. The first kappa shape index (κ1) is 9.72. The summed E-state index contributed by atoms with van der Waals surface area (Å²) in [7, 11) is 0. The van der Waals surface area contributed by atoms with E-state index in [-0.39, 0.29) is 11.9 Å². The Balaban J connectivity index is 2.24. The second-order valence-electron chi connectivity index (χ2n) is 3.50. The molecule has 0 radical (unpaired) electrons. The van der Waals surface area contributed by atoms with Gasteiger partial charge in [-0.15, -0.1) is 0 Å².